The van der Waals surface area contributed by atoms with Crippen molar-refractivity contribution in [3.63, 3.8) is 0 Å². The Balaban J connectivity index is 2.10. The van der Waals surface area contributed by atoms with Gasteiger partial charge < -0.3 is 10.2 Å². The standard InChI is InChI=1S/C16H25N3O/c1-3-9-17-14-8-10-18-15(12-14)16(20)19-11-6-4-5-7-13(19)2/h8,10,12-13H,3-7,9,11H2,1-2H3,(H,17,18). The summed E-state index contributed by atoms with van der Waals surface area (Å²) < 4.78 is 0. The largest absolute Gasteiger partial charge is 0.385 e. The molecule has 0 saturated carbocycles. The summed E-state index contributed by atoms with van der Waals surface area (Å²) >= 11 is 0. The van der Waals surface area contributed by atoms with E-state index >= 15 is 0 Å². The van der Waals surface area contributed by atoms with E-state index in [0.717, 1.165) is 38.0 Å². The van der Waals surface area contributed by atoms with E-state index in [4.69, 9.17) is 0 Å². The molecular weight excluding hydrogens is 250 g/mol. The maximum Gasteiger partial charge on any atom is 0.272 e. The Morgan fingerprint density at radius 1 is 1.45 bits per heavy atom. The van der Waals surface area contributed by atoms with E-state index in [0.29, 0.717) is 11.7 Å². The van der Waals surface area contributed by atoms with Crippen LogP contribution < -0.4 is 5.32 Å². The molecule has 4 heteroatoms. The summed E-state index contributed by atoms with van der Waals surface area (Å²) in [4.78, 5) is 18.9. The molecule has 0 radical (unpaired) electrons. The number of carbonyl (C=O) groups excluding carboxylic acids is 1. The van der Waals surface area contributed by atoms with Crippen LogP contribution in [0.4, 0.5) is 5.69 Å². The molecule has 1 N–H and O–H groups in total. The van der Waals surface area contributed by atoms with Crippen molar-refractivity contribution in [3.05, 3.63) is 24.0 Å². The lowest BCUT2D eigenvalue weighted by atomic mass is 10.1. The Bertz CT molecular complexity index is 447. The van der Waals surface area contributed by atoms with Gasteiger partial charge in [0, 0.05) is 31.0 Å². The van der Waals surface area contributed by atoms with E-state index in [2.05, 4.69) is 24.1 Å². The Morgan fingerprint density at radius 3 is 3.10 bits per heavy atom. The van der Waals surface area contributed by atoms with E-state index in [1.54, 1.807) is 6.20 Å². The third-order valence-corrected chi connectivity index (χ3v) is 3.87. The zero-order chi connectivity index (χ0) is 14.4. The molecule has 110 valence electrons. The molecule has 20 heavy (non-hydrogen) atoms. The fraction of sp³-hybridized carbons (Fsp3) is 0.625. The van der Waals surface area contributed by atoms with E-state index < -0.39 is 0 Å². The molecule has 1 aromatic heterocycles. The van der Waals surface area contributed by atoms with Gasteiger partial charge in [0.1, 0.15) is 5.69 Å². The summed E-state index contributed by atoms with van der Waals surface area (Å²) in [5, 5.41) is 3.31. The highest BCUT2D eigenvalue weighted by atomic mass is 16.2. The lowest BCUT2D eigenvalue weighted by Gasteiger charge is -2.26. The first-order valence-corrected chi connectivity index (χ1v) is 7.73. The molecule has 0 aliphatic carbocycles. The molecule has 1 saturated heterocycles. The van der Waals surface area contributed by atoms with Crippen LogP contribution in [-0.2, 0) is 0 Å². The molecule has 1 atom stereocenters. The molecule has 0 aromatic carbocycles. The highest BCUT2D eigenvalue weighted by molar-refractivity contribution is 5.93. The molecule has 2 heterocycles. The van der Waals surface area contributed by atoms with E-state index in [9.17, 15) is 4.79 Å². The Morgan fingerprint density at radius 2 is 2.30 bits per heavy atom. The number of likely N-dealkylation sites (tertiary alicyclic amines) is 1. The fourth-order valence-corrected chi connectivity index (χ4v) is 2.65. The molecule has 2 rings (SSSR count). The first kappa shape index (κ1) is 14.8. The van der Waals surface area contributed by atoms with Gasteiger partial charge in [-0.25, -0.2) is 0 Å². The van der Waals surface area contributed by atoms with Crippen LogP contribution in [0.15, 0.2) is 18.3 Å². The van der Waals surface area contributed by atoms with Gasteiger partial charge in [-0.15, -0.1) is 0 Å². The first-order chi connectivity index (χ1) is 9.72. The van der Waals surface area contributed by atoms with E-state index in [1.807, 2.05) is 17.0 Å². The second-order valence-electron chi connectivity index (χ2n) is 5.55. The molecule has 1 aliphatic heterocycles. The number of carbonyl (C=O) groups is 1. The predicted molar refractivity (Wildman–Crippen MR) is 82.0 cm³/mol. The minimum atomic E-state index is 0.0690. The van der Waals surface area contributed by atoms with Gasteiger partial charge in [0.2, 0.25) is 0 Å². The van der Waals surface area contributed by atoms with Crippen LogP contribution in [0.3, 0.4) is 0 Å². The number of nitrogens with one attached hydrogen (secondary N) is 1. The van der Waals surface area contributed by atoms with Gasteiger partial charge in [-0.05, 0) is 38.3 Å². The second-order valence-corrected chi connectivity index (χ2v) is 5.55. The number of nitrogens with zero attached hydrogens (tertiary/aromatic N) is 2. The topological polar surface area (TPSA) is 45.2 Å². The lowest BCUT2D eigenvalue weighted by molar-refractivity contribution is 0.0692. The molecule has 1 fully saturated rings. The van der Waals surface area contributed by atoms with E-state index in [1.165, 1.54) is 12.8 Å². The maximum absolute atomic E-state index is 12.6. The number of pyridine rings is 1. The zero-order valence-electron chi connectivity index (χ0n) is 12.6. The third kappa shape index (κ3) is 3.71. The summed E-state index contributed by atoms with van der Waals surface area (Å²) in [7, 11) is 0. The van der Waals surface area contributed by atoms with Crippen LogP contribution in [0.5, 0.6) is 0 Å². The number of hydrogen-bond acceptors (Lipinski definition) is 3. The van der Waals surface area contributed by atoms with Crippen molar-refractivity contribution in [3.8, 4) is 0 Å². The Labute approximate surface area is 121 Å². The van der Waals surface area contributed by atoms with Gasteiger partial charge in [0.05, 0.1) is 0 Å². The van der Waals surface area contributed by atoms with Crippen LogP contribution in [0, 0.1) is 0 Å². The smallest absolute Gasteiger partial charge is 0.272 e. The highest BCUT2D eigenvalue weighted by Gasteiger charge is 2.23. The number of aromatic nitrogens is 1. The van der Waals surface area contributed by atoms with Crippen molar-refractivity contribution in [1.82, 2.24) is 9.88 Å². The normalized spacial score (nSPS) is 19.5. The van der Waals surface area contributed by atoms with Crippen molar-refractivity contribution in [2.45, 2.75) is 52.0 Å². The summed E-state index contributed by atoms with van der Waals surface area (Å²) in [6.07, 6.45) is 7.42. The van der Waals surface area contributed by atoms with Crippen molar-refractivity contribution in [1.29, 1.82) is 0 Å². The van der Waals surface area contributed by atoms with Gasteiger partial charge in [-0.1, -0.05) is 19.8 Å². The van der Waals surface area contributed by atoms with Gasteiger partial charge >= 0.3 is 0 Å². The third-order valence-electron chi connectivity index (χ3n) is 3.87. The van der Waals surface area contributed by atoms with Gasteiger partial charge in [0.25, 0.3) is 5.91 Å². The quantitative estimate of drug-likeness (QED) is 0.917. The first-order valence-electron chi connectivity index (χ1n) is 7.73. The minimum absolute atomic E-state index is 0.0690. The van der Waals surface area contributed by atoms with E-state index in [-0.39, 0.29) is 5.91 Å². The molecular formula is C16H25N3O. The van der Waals surface area contributed by atoms with Crippen LogP contribution in [0.25, 0.3) is 0 Å². The SMILES string of the molecule is CCCNc1ccnc(C(=O)N2CCCCCC2C)c1. The van der Waals surface area contributed by atoms with Gasteiger partial charge in [-0.2, -0.15) is 0 Å². The average Bonchev–Trinajstić information content (AvgIpc) is 2.69. The molecule has 0 bridgehead atoms. The number of hydrogen-bond donors (Lipinski definition) is 1. The number of rotatable bonds is 4. The number of amides is 1. The molecule has 1 amide bonds. The lowest BCUT2D eigenvalue weighted by Crippen LogP contribution is -2.38. The molecule has 1 aliphatic rings. The Kier molecular flexibility index (Phi) is 5.39. The second kappa shape index (κ2) is 7.27. The van der Waals surface area contributed by atoms with Gasteiger partial charge in [-0.3, -0.25) is 9.78 Å². The van der Waals surface area contributed by atoms with Crippen molar-refractivity contribution >= 4 is 11.6 Å². The van der Waals surface area contributed by atoms with Crippen molar-refractivity contribution in [2.24, 2.45) is 0 Å². The van der Waals surface area contributed by atoms with Crippen molar-refractivity contribution in [2.75, 3.05) is 18.4 Å². The van der Waals surface area contributed by atoms with Crippen LogP contribution in [0.2, 0.25) is 0 Å². The van der Waals surface area contributed by atoms with Crippen molar-refractivity contribution < 1.29 is 4.79 Å². The molecule has 1 aromatic rings. The fourth-order valence-electron chi connectivity index (χ4n) is 2.65. The zero-order valence-corrected chi connectivity index (χ0v) is 12.6. The van der Waals surface area contributed by atoms with Crippen LogP contribution in [-0.4, -0.2) is 34.9 Å². The summed E-state index contributed by atoms with van der Waals surface area (Å²) in [6, 6.07) is 4.10. The minimum Gasteiger partial charge on any atom is -0.385 e. The summed E-state index contributed by atoms with van der Waals surface area (Å²) in [5.74, 6) is 0.0690. The highest BCUT2D eigenvalue weighted by Crippen LogP contribution is 2.19. The molecule has 4 nitrogen and oxygen atoms in total. The van der Waals surface area contributed by atoms with Crippen LogP contribution in [0.1, 0.15) is 56.4 Å². The monoisotopic (exact) mass is 275 g/mol. The summed E-state index contributed by atoms with van der Waals surface area (Å²) in [5.41, 5.74) is 1.53. The molecule has 1 unspecified atom stereocenters. The Hall–Kier alpha value is -1.58. The maximum atomic E-state index is 12.6. The van der Waals surface area contributed by atoms with Crippen LogP contribution >= 0.6 is 0 Å². The summed E-state index contributed by atoms with van der Waals surface area (Å²) in [6.45, 7) is 6.04. The van der Waals surface area contributed by atoms with Gasteiger partial charge in [0.15, 0.2) is 0 Å². The molecule has 0 spiro atoms. The number of anilines is 1. The average molecular weight is 275 g/mol. The predicted octanol–water partition coefficient (Wildman–Crippen LogP) is 3.31.